The number of aryl methyl sites for hydroxylation is 2. The zero-order valence-electron chi connectivity index (χ0n) is 14.8. The van der Waals surface area contributed by atoms with E-state index in [1.807, 2.05) is 31.2 Å². The molecule has 3 aromatic rings. The van der Waals surface area contributed by atoms with E-state index < -0.39 is 11.7 Å². The number of fused-ring (bicyclic) bond motifs is 1. The highest BCUT2D eigenvalue weighted by atomic mass is 16.2. The van der Waals surface area contributed by atoms with E-state index in [4.69, 9.17) is 0 Å². The summed E-state index contributed by atoms with van der Waals surface area (Å²) in [6, 6.07) is 12.5. The van der Waals surface area contributed by atoms with E-state index in [0.717, 1.165) is 11.1 Å². The number of nitrogens with one attached hydrogen (secondary N) is 3. The van der Waals surface area contributed by atoms with Crippen molar-refractivity contribution in [1.29, 1.82) is 0 Å². The molecule has 6 heteroatoms. The van der Waals surface area contributed by atoms with Crippen LogP contribution in [0.25, 0.3) is 10.9 Å². The Labute approximate surface area is 150 Å². The minimum absolute atomic E-state index is 0.211. The van der Waals surface area contributed by atoms with Gasteiger partial charge < -0.3 is 15.6 Å². The van der Waals surface area contributed by atoms with E-state index >= 15 is 0 Å². The molecule has 1 heterocycles. The Morgan fingerprint density at radius 1 is 0.962 bits per heavy atom. The summed E-state index contributed by atoms with van der Waals surface area (Å²) in [6.45, 7) is 4.99. The predicted octanol–water partition coefficient (Wildman–Crippen LogP) is 3.56. The Hall–Kier alpha value is -3.41. The van der Waals surface area contributed by atoms with Crippen LogP contribution in [0.3, 0.4) is 0 Å². The normalized spacial score (nSPS) is 10.6. The Morgan fingerprint density at radius 2 is 1.69 bits per heavy atom. The van der Waals surface area contributed by atoms with Crippen LogP contribution in [-0.2, 0) is 9.59 Å². The lowest BCUT2D eigenvalue weighted by Gasteiger charge is -2.10. The molecule has 3 N–H and O–H groups in total. The SMILES string of the molecule is CC(=O)Nc1ccc(C)c(NC(=O)C(=O)c2c(C)[nH]c3ccccc23)c1. The number of amides is 2. The molecule has 1 aromatic heterocycles. The topological polar surface area (TPSA) is 91.1 Å². The van der Waals surface area contributed by atoms with Crippen molar-refractivity contribution in [2.45, 2.75) is 20.8 Å². The molecule has 0 fully saturated rings. The molecule has 2 aromatic carbocycles. The van der Waals surface area contributed by atoms with Gasteiger partial charge >= 0.3 is 0 Å². The van der Waals surface area contributed by atoms with Gasteiger partial charge in [0.15, 0.2) is 0 Å². The molecule has 132 valence electrons. The molecule has 0 aliphatic heterocycles. The van der Waals surface area contributed by atoms with Crippen molar-refractivity contribution in [3.05, 3.63) is 59.3 Å². The second kappa shape index (κ2) is 6.84. The number of carbonyl (C=O) groups excluding carboxylic acids is 3. The number of Topliss-reactive ketones (excluding diaryl/α,β-unsaturated/α-hetero) is 1. The summed E-state index contributed by atoms with van der Waals surface area (Å²) in [5.74, 6) is -1.54. The van der Waals surface area contributed by atoms with Gasteiger partial charge in [0.2, 0.25) is 5.91 Å². The second-order valence-electron chi connectivity index (χ2n) is 6.16. The smallest absolute Gasteiger partial charge is 0.296 e. The number of benzene rings is 2. The molecule has 0 unspecified atom stereocenters. The lowest BCUT2D eigenvalue weighted by Crippen LogP contribution is -2.24. The van der Waals surface area contributed by atoms with E-state index in [-0.39, 0.29) is 5.91 Å². The standard InChI is InChI=1S/C20H19N3O3/c1-11-8-9-14(22-13(3)24)10-17(11)23-20(26)19(25)18-12(2)21-16-7-5-4-6-15(16)18/h4-10,21H,1-3H3,(H,22,24)(H,23,26). The first kappa shape index (κ1) is 17.4. The van der Waals surface area contributed by atoms with E-state index in [9.17, 15) is 14.4 Å². The number of hydrogen-bond donors (Lipinski definition) is 3. The van der Waals surface area contributed by atoms with Gasteiger partial charge in [-0.1, -0.05) is 24.3 Å². The average molecular weight is 349 g/mol. The summed E-state index contributed by atoms with van der Waals surface area (Å²) >= 11 is 0. The van der Waals surface area contributed by atoms with Crippen LogP contribution in [0.1, 0.15) is 28.5 Å². The zero-order valence-corrected chi connectivity index (χ0v) is 14.8. The molecule has 0 spiro atoms. The first-order chi connectivity index (χ1) is 12.4. The van der Waals surface area contributed by atoms with Crippen LogP contribution in [0.15, 0.2) is 42.5 Å². The summed E-state index contributed by atoms with van der Waals surface area (Å²) < 4.78 is 0. The van der Waals surface area contributed by atoms with E-state index in [0.29, 0.717) is 28.0 Å². The van der Waals surface area contributed by atoms with Crippen molar-refractivity contribution >= 4 is 39.9 Å². The molecule has 0 bridgehead atoms. The molecule has 2 amide bonds. The number of hydrogen-bond acceptors (Lipinski definition) is 3. The lowest BCUT2D eigenvalue weighted by molar-refractivity contribution is -0.114. The number of aromatic nitrogens is 1. The summed E-state index contributed by atoms with van der Waals surface area (Å²) in [6.07, 6.45) is 0. The van der Waals surface area contributed by atoms with Crippen molar-refractivity contribution in [2.75, 3.05) is 10.6 Å². The maximum absolute atomic E-state index is 12.7. The molecule has 0 atom stereocenters. The predicted molar refractivity (Wildman–Crippen MR) is 101 cm³/mol. The quantitative estimate of drug-likeness (QED) is 0.497. The van der Waals surface area contributed by atoms with Crippen LogP contribution >= 0.6 is 0 Å². The van der Waals surface area contributed by atoms with Gasteiger partial charge in [-0.2, -0.15) is 0 Å². The van der Waals surface area contributed by atoms with Gasteiger partial charge in [-0.15, -0.1) is 0 Å². The Morgan fingerprint density at radius 3 is 2.42 bits per heavy atom. The number of para-hydroxylation sites is 1. The highest BCUT2D eigenvalue weighted by molar-refractivity contribution is 6.48. The van der Waals surface area contributed by atoms with Crippen molar-refractivity contribution in [3.63, 3.8) is 0 Å². The fraction of sp³-hybridized carbons (Fsp3) is 0.150. The number of ketones is 1. The van der Waals surface area contributed by atoms with Gasteiger partial charge in [0.05, 0.1) is 5.56 Å². The molecule has 0 radical (unpaired) electrons. The van der Waals surface area contributed by atoms with Crippen LogP contribution in [0.5, 0.6) is 0 Å². The van der Waals surface area contributed by atoms with Gasteiger partial charge in [0, 0.05) is 34.9 Å². The van der Waals surface area contributed by atoms with E-state index in [2.05, 4.69) is 15.6 Å². The molecular weight excluding hydrogens is 330 g/mol. The van der Waals surface area contributed by atoms with Crippen LogP contribution in [-0.4, -0.2) is 22.6 Å². The van der Waals surface area contributed by atoms with Gasteiger partial charge in [-0.05, 0) is 37.6 Å². The summed E-state index contributed by atoms with van der Waals surface area (Å²) in [7, 11) is 0. The van der Waals surface area contributed by atoms with Crippen LogP contribution in [0.4, 0.5) is 11.4 Å². The molecule has 0 aliphatic carbocycles. The molecule has 0 aliphatic rings. The fourth-order valence-electron chi connectivity index (χ4n) is 2.90. The van der Waals surface area contributed by atoms with Gasteiger partial charge in [-0.3, -0.25) is 14.4 Å². The summed E-state index contributed by atoms with van der Waals surface area (Å²) in [5, 5.41) is 6.02. The largest absolute Gasteiger partial charge is 0.358 e. The van der Waals surface area contributed by atoms with Crippen molar-refractivity contribution in [3.8, 4) is 0 Å². The molecular formula is C20H19N3O3. The summed E-state index contributed by atoms with van der Waals surface area (Å²) in [4.78, 5) is 39.6. The first-order valence-electron chi connectivity index (χ1n) is 8.18. The number of carbonyl (C=O) groups is 3. The molecule has 0 saturated heterocycles. The molecule has 3 rings (SSSR count). The number of anilines is 2. The zero-order chi connectivity index (χ0) is 18.8. The number of rotatable bonds is 4. The lowest BCUT2D eigenvalue weighted by atomic mass is 10.1. The van der Waals surface area contributed by atoms with E-state index in [1.54, 1.807) is 25.1 Å². The maximum Gasteiger partial charge on any atom is 0.296 e. The Balaban J connectivity index is 1.89. The highest BCUT2D eigenvalue weighted by Gasteiger charge is 2.23. The molecule has 6 nitrogen and oxygen atoms in total. The monoisotopic (exact) mass is 349 g/mol. The number of H-pyrrole nitrogens is 1. The second-order valence-corrected chi connectivity index (χ2v) is 6.16. The van der Waals surface area contributed by atoms with E-state index in [1.165, 1.54) is 6.92 Å². The Kier molecular flexibility index (Phi) is 4.58. The fourth-order valence-corrected chi connectivity index (χ4v) is 2.90. The maximum atomic E-state index is 12.7. The summed E-state index contributed by atoms with van der Waals surface area (Å²) in [5.41, 5.74) is 3.64. The van der Waals surface area contributed by atoms with Crippen LogP contribution < -0.4 is 10.6 Å². The van der Waals surface area contributed by atoms with Crippen LogP contribution in [0, 0.1) is 13.8 Å². The van der Waals surface area contributed by atoms with Crippen molar-refractivity contribution in [2.24, 2.45) is 0 Å². The van der Waals surface area contributed by atoms with Crippen LogP contribution in [0.2, 0.25) is 0 Å². The molecule has 0 saturated carbocycles. The minimum atomic E-state index is -0.721. The average Bonchev–Trinajstić information content (AvgIpc) is 2.92. The third kappa shape index (κ3) is 3.35. The van der Waals surface area contributed by atoms with Gasteiger partial charge in [0.1, 0.15) is 0 Å². The first-order valence-corrected chi connectivity index (χ1v) is 8.18. The number of aromatic amines is 1. The van der Waals surface area contributed by atoms with Gasteiger partial charge in [0.25, 0.3) is 11.7 Å². The minimum Gasteiger partial charge on any atom is -0.358 e. The van der Waals surface area contributed by atoms with Crippen molar-refractivity contribution in [1.82, 2.24) is 4.98 Å². The van der Waals surface area contributed by atoms with Crippen molar-refractivity contribution < 1.29 is 14.4 Å². The third-order valence-electron chi connectivity index (χ3n) is 4.13. The third-order valence-corrected chi connectivity index (χ3v) is 4.13. The Bertz CT molecular complexity index is 1030. The van der Waals surface area contributed by atoms with Gasteiger partial charge in [-0.25, -0.2) is 0 Å². The highest BCUT2D eigenvalue weighted by Crippen LogP contribution is 2.24. The molecule has 26 heavy (non-hydrogen) atoms.